The van der Waals surface area contributed by atoms with Gasteiger partial charge < -0.3 is 9.26 Å². The predicted octanol–water partition coefficient (Wildman–Crippen LogP) is 2.00. The van der Waals surface area contributed by atoms with Crippen LogP contribution in [0.4, 0.5) is 0 Å². The highest BCUT2D eigenvalue weighted by Gasteiger charge is 2.29. The van der Waals surface area contributed by atoms with Gasteiger partial charge in [-0.15, -0.1) is 0 Å². The van der Waals surface area contributed by atoms with Crippen molar-refractivity contribution in [3.8, 4) is 0 Å². The normalized spacial score (nSPS) is 23.4. The quantitative estimate of drug-likeness (QED) is 0.785. The molecule has 88 valence electrons. The van der Waals surface area contributed by atoms with Gasteiger partial charge in [0.15, 0.2) is 5.82 Å². The zero-order valence-corrected chi connectivity index (χ0v) is 9.60. The molecular formula is C11H16N2O3. The number of Topliss-reactive ketones (excluding diaryl/α,β-unsaturated/α-hetero) is 1. The minimum atomic E-state index is -0.198. The second kappa shape index (κ2) is 4.74. The van der Waals surface area contributed by atoms with E-state index >= 15 is 0 Å². The van der Waals surface area contributed by atoms with Gasteiger partial charge in [0.25, 0.3) is 0 Å². The van der Waals surface area contributed by atoms with Crippen LogP contribution in [0, 0.1) is 0 Å². The number of rotatable bonds is 3. The van der Waals surface area contributed by atoms with Crippen LogP contribution in [-0.2, 0) is 9.53 Å². The lowest BCUT2D eigenvalue weighted by Crippen LogP contribution is -2.17. The molecule has 0 aromatic carbocycles. The Morgan fingerprint density at radius 1 is 1.50 bits per heavy atom. The maximum Gasteiger partial charge on any atom is 0.237 e. The third kappa shape index (κ3) is 2.14. The van der Waals surface area contributed by atoms with Gasteiger partial charge in [-0.1, -0.05) is 11.6 Å². The lowest BCUT2D eigenvalue weighted by atomic mass is 9.88. The number of hydrogen-bond donors (Lipinski definition) is 0. The fraction of sp³-hybridized carbons (Fsp3) is 0.727. The summed E-state index contributed by atoms with van der Waals surface area (Å²) in [5, 5.41) is 3.83. The van der Waals surface area contributed by atoms with Gasteiger partial charge in [-0.2, -0.15) is 4.98 Å². The molecule has 1 heterocycles. The summed E-state index contributed by atoms with van der Waals surface area (Å²) in [6.07, 6.45) is 3.28. The Bertz CT molecular complexity index is 375. The van der Waals surface area contributed by atoms with Crippen molar-refractivity contribution in [1.82, 2.24) is 10.1 Å². The van der Waals surface area contributed by atoms with E-state index in [4.69, 9.17) is 9.26 Å². The van der Waals surface area contributed by atoms with Crippen LogP contribution in [0.3, 0.4) is 0 Å². The highest BCUT2D eigenvalue weighted by molar-refractivity contribution is 5.85. The molecule has 0 aliphatic heterocycles. The SMILES string of the molecule is COC(C)c1noc(C2CCCCC2=O)n1. The molecule has 0 bridgehead atoms. The Labute approximate surface area is 94.2 Å². The van der Waals surface area contributed by atoms with Gasteiger partial charge in [0.1, 0.15) is 11.9 Å². The van der Waals surface area contributed by atoms with Gasteiger partial charge in [0.2, 0.25) is 5.89 Å². The molecule has 5 nitrogen and oxygen atoms in total. The first-order valence-electron chi connectivity index (χ1n) is 5.61. The summed E-state index contributed by atoms with van der Waals surface area (Å²) >= 11 is 0. The lowest BCUT2D eigenvalue weighted by Gasteiger charge is -2.16. The molecule has 1 saturated carbocycles. The Balaban J connectivity index is 2.14. The van der Waals surface area contributed by atoms with Crippen LogP contribution in [0.1, 0.15) is 56.3 Å². The molecule has 1 aliphatic rings. The molecular weight excluding hydrogens is 208 g/mol. The summed E-state index contributed by atoms with van der Waals surface area (Å²) in [6, 6.07) is 0. The Morgan fingerprint density at radius 2 is 2.31 bits per heavy atom. The maximum atomic E-state index is 11.7. The van der Waals surface area contributed by atoms with Gasteiger partial charge in [0, 0.05) is 13.5 Å². The molecule has 1 aromatic heterocycles. The van der Waals surface area contributed by atoms with Crippen LogP contribution in [-0.4, -0.2) is 23.0 Å². The smallest absolute Gasteiger partial charge is 0.237 e. The summed E-state index contributed by atoms with van der Waals surface area (Å²) < 4.78 is 10.2. The molecule has 2 rings (SSSR count). The van der Waals surface area contributed by atoms with Crippen molar-refractivity contribution in [2.24, 2.45) is 0 Å². The summed E-state index contributed by atoms with van der Waals surface area (Å²) in [5.74, 6) is 0.977. The average Bonchev–Trinajstić information content (AvgIpc) is 2.78. The van der Waals surface area contributed by atoms with Crippen molar-refractivity contribution in [2.75, 3.05) is 7.11 Å². The van der Waals surface area contributed by atoms with Crippen LogP contribution in [0.5, 0.6) is 0 Å². The van der Waals surface area contributed by atoms with Gasteiger partial charge in [-0.3, -0.25) is 4.79 Å². The summed E-state index contributed by atoms with van der Waals surface area (Å²) in [6.45, 7) is 1.84. The van der Waals surface area contributed by atoms with E-state index in [2.05, 4.69) is 10.1 Å². The Morgan fingerprint density at radius 3 is 3.00 bits per heavy atom. The van der Waals surface area contributed by atoms with E-state index in [9.17, 15) is 4.79 Å². The van der Waals surface area contributed by atoms with Gasteiger partial charge in [0.05, 0.1) is 5.92 Å². The number of aromatic nitrogens is 2. The van der Waals surface area contributed by atoms with E-state index in [0.29, 0.717) is 18.1 Å². The topological polar surface area (TPSA) is 65.2 Å². The first-order valence-corrected chi connectivity index (χ1v) is 5.61. The largest absolute Gasteiger partial charge is 0.374 e. The van der Waals surface area contributed by atoms with Gasteiger partial charge in [-0.25, -0.2) is 0 Å². The number of ketones is 1. The third-order valence-corrected chi connectivity index (χ3v) is 3.03. The molecule has 0 saturated heterocycles. The molecule has 0 N–H and O–H groups in total. The van der Waals surface area contributed by atoms with E-state index < -0.39 is 0 Å². The lowest BCUT2D eigenvalue weighted by molar-refractivity contribution is -0.122. The summed E-state index contributed by atoms with van der Waals surface area (Å²) in [5.41, 5.74) is 0. The number of methoxy groups -OCH3 is 1. The van der Waals surface area contributed by atoms with Gasteiger partial charge in [-0.05, 0) is 19.8 Å². The number of carbonyl (C=O) groups excluding carboxylic acids is 1. The fourth-order valence-corrected chi connectivity index (χ4v) is 1.90. The van der Waals surface area contributed by atoms with Crippen molar-refractivity contribution in [1.29, 1.82) is 0 Å². The van der Waals surface area contributed by atoms with E-state index in [1.807, 2.05) is 6.92 Å². The monoisotopic (exact) mass is 224 g/mol. The number of nitrogens with zero attached hydrogens (tertiary/aromatic N) is 2. The van der Waals surface area contributed by atoms with Crippen molar-refractivity contribution < 1.29 is 14.1 Å². The molecule has 1 fully saturated rings. The second-order valence-electron chi connectivity index (χ2n) is 4.13. The Hall–Kier alpha value is -1.23. The third-order valence-electron chi connectivity index (χ3n) is 3.03. The first-order chi connectivity index (χ1) is 7.72. The van der Waals surface area contributed by atoms with Crippen LogP contribution in [0.15, 0.2) is 4.52 Å². The number of ether oxygens (including phenoxy) is 1. The second-order valence-corrected chi connectivity index (χ2v) is 4.13. The maximum absolute atomic E-state index is 11.7. The first kappa shape index (κ1) is 11.3. The van der Waals surface area contributed by atoms with Crippen molar-refractivity contribution in [3.63, 3.8) is 0 Å². The van der Waals surface area contributed by atoms with E-state index in [-0.39, 0.29) is 17.8 Å². The zero-order chi connectivity index (χ0) is 11.5. The van der Waals surface area contributed by atoms with Crippen molar-refractivity contribution in [3.05, 3.63) is 11.7 Å². The molecule has 5 heteroatoms. The van der Waals surface area contributed by atoms with Crippen LogP contribution < -0.4 is 0 Å². The predicted molar refractivity (Wildman–Crippen MR) is 55.9 cm³/mol. The minimum Gasteiger partial charge on any atom is -0.374 e. The summed E-state index contributed by atoms with van der Waals surface area (Å²) in [7, 11) is 1.59. The van der Waals surface area contributed by atoms with Crippen molar-refractivity contribution in [2.45, 2.75) is 44.6 Å². The van der Waals surface area contributed by atoms with Crippen molar-refractivity contribution >= 4 is 5.78 Å². The number of carbonyl (C=O) groups is 1. The summed E-state index contributed by atoms with van der Waals surface area (Å²) in [4.78, 5) is 15.9. The molecule has 0 amide bonds. The molecule has 2 unspecified atom stereocenters. The van der Waals surface area contributed by atoms with Crippen LogP contribution in [0.25, 0.3) is 0 Å². The zero-order valence-electron chi connectivity index (χ0n) is 9.60. The molecule has 16 heavy (non-hydrogen) atoms. The minimum absolute atomic E-state index is 0.195. The highest BCUT2D eigenvalue weighted by Crippen LogP contribution is 2.29. The van der Waals surface area contributed by atoms with Crippen LogP contribution in [0.2, 0.25) is 0 Å². The fourth-order valence-electron chi connectivity index (χ4n) is 1.90. The van der Waals surface area contributed by atoms with E-state index in [0.717, 1.165) is 19.3 Å². The standard InChI is InChI=1S/C11H16N2O3/c1-7(15-2)10-12-11(16-13-10)8-5-3-4-6-9(8)14/h7-8H,3-6H2,1-2H3. The molecule has 1 aliphatic carbocycles. The van der Waals surface area contributed by atoms with Crippen LogP contribution >= 0.6 is 0 Å². The van der Waals surface area contributed by atoms with E-state index in [1.165, 1.54) is 0 Å². The molecule has 2 atom stereocenters. The Kier molecular flexibility index (Phi) is 3.33. The molecule has 0 spiro atoms. The number of hydrogen-bond acceptors (Lipinski definition) is 5. The van der Waals surface area contributed by atoms with E-state index in [1.54, 1.807) is 7.11 Å². The van der Waals surface area contributed by atoms with Gasteiger partial charge >= 0.3 is 0 Å². The molecule has 1 aromatic rings. The average molecular weight is 224 g/mol. The molecule has 0 radical (unpaired) electrons. The highest BCUT2D eigenvalue weighted by atomic mass is 16.5.